The minimum absolute atomic E-state index is 0. The molecule has 1 fully saturated rings. The summed E-state index contributed by atoms with van der Waals surface area (Å²) in [5, 5.41) is 9.00. The van der Waals surface area contributed by atoms with Gasteiger partial charge in [-0.15, -0.1) is 17.5 Å². The molecular formula is C24H29ClN6O4S. The molecule has 0 N–H and O–H groups in total. The molecule has 2 aromatic carbocycles. The van der Waals surface area contributed by atoms with E-state index in [0.717, 1.165) is 55.0 Å². The summed E-state index contributed by atoms with van der Waals surface area (Å²) < 4.78 is 19.0. The van der Waals surface area contributed by atoms with Gasteiger partial charge in [0.05, 0.1) is 33.0 Å². The zero-order valence-corrected chi connectivity index (χ0v) is 21.9. The maximum absolute atomic E-state index is 13.6. The highest BCUT2D eigenvalue weighted by Gasteiger charge is 2.24. The summed E-state index contributed by atoms with van der Waals surface area (Å²) in [6.07, 6.45) is 0.814. The molecule has 10 nitrogen and oxygen atoms in total. The standard InChI is InChI=1S/C24H28N6O4S.ClH/c1-32-19-8-9-20(33-2)23-22(19)25-24(35-23)29(11-5-10-28-12-14-34-15-13-28)21(31)16-30-18-7-4-3-6-17(18)26-27-30;/h3-4,6-9H,5,10-16H2,1-2H3;1H. The highest BCUT2D eigenvalue weighted by Crippen LogP contribution is 2.40. The molecule has 4 aromatic rings. The highest BCUT2D eigenvalue weighted by atomic mass is 35.5. The molecule has 1 amide bonds. The van der Waals surface area contributed by atoms with Crippen LogP contribution >= 0.6 is 23.7 Å². The Bertz CT molecular complexity index is 1280. The molecular weight excluding hydrogens is 504 g/mol. The predicted octanol–water partition coefficient (Wildman–Crippen LogP) is 3.24. The van der Waals surface area contributed by atoms with E-state index in [0.29, 0.717) is 28.7 Å². The van der Waals surface area contributed by atoms with Crippen LogP contribution in [0.5, 0.6) is 11.5 Å². The molecule has 0 aliphatic carbocycles. The zero-order chi connectivity index (χ0) is 24.2. The smallest absolute Gasteiger partial charge is 0.250 e. The molecule has 192 valence electrons. The first-order chi connectivity index (χ1) is 17.2. The van der Waals surface area contributed by atoms with Gasteiger partial charge in [0.1, 0.15) is 33.8 Å². The van der Waals surface area contributed by atoms with E-state index in [9.17, 15) is 4.79 Å². The number of para-hydroxylation sites is 1. The van der Waals surface area contributed by atoms with Crippen molar-refractivity contribution in [3.63, 3.8) is 0 Å². The number of hydrogen-bond acceptors (Lipinski definition) is 9. The quantitative estimate of drug-likeness (QED) is 0.324. The third-order valence-corrected chi connectivity index (χ3v) is 7.19. The molecule has 36 heavy (non-hydrogen) atoms. The van der Waals surface area contributed by atoms with E-state index < -0.39 is 0 Å². The van der Waals surface area contributed by atoms with Gasteiger partial charge in [-0.05, 0) is 30.7 Å². The third-order valence-electron chi connectivity index (χ3n) is 6.10. The molecule has 1 aliphatic heterocycles. The normalized spacial score (nSPS) is 14.1. The molecule has 1 saturated heterocycles. The first-order valence-corrected chi connectivity index (χ1v) is 12.4. The SMILES string of the molecule is COc1ccc(OC)c2sc(N(CCCN3CCOCC3)C(=O)Cn3nnc4ccccc43)nc12.Cl. The lowest BCUT2D eigenvalue weighted by molar-refractivity contribution is -0.119. The number of nitrogens with zero attached hydrogens (tertiary/aromatic N) is 6. The molecule has 0 unspecified atom stereocenters. The fourth-order valence-corrected chi connectivity index (χ4v) is 5.36. The van der Waals surface area contributed by atoms with Gasteiger partial charge in [0, 0.05) is 26.2 Å². The van der Waals surface area contributed by atoms with E-state index in [1.54, 1.807) is 23.8 Å². The number of morpholine rings is 1. The van der Waals surface area contributed by atoms with Crippen molar-refractivity contribution in [3.8, 4) is 11.5 Å². The Kier molecular flexibility index (Phi) is 8.57. The lowest BCUT2D eigenvalue weighted by atomic mass is 10.3. The number of fused-ring (bicyclic) bond motifs is 2. The number of anilines is 1. The van der Waals surface area contributed by atoms with Crippen molar-refractivity contribution in [1.82, 2.24) is 24.9 Å². The van der Waals surface area contributed by atoms with Gasteiger partial charge in [-0.3, -0.25) is 14.6 Å². The Hall–Kier alpha value is -2.99. The van der Waals surface area contributed by atoms with Gasteiger partial charge >= 0.3 is 0 Å². The van der Waals surface area contributed by atoms with E-state index in [-0.39, 0.29) is 24.9 Å². The van der Waals surface area contributed by atoms with Crippen LogP contribution in [0.15, 0.2) is 36.4 Å². The molecule has 1 aliphatic rings. The van der Waals surface area contributed by atoms with Crippen LogP contribution in [0.1, 0.15) is 6.42 Å². The summed E-state index contributed by atoms with van der Waals surface area (Å²) in [6.45, 7) is 4.81. The van der Waals surface area contributed by atoms with Gasteiger partial charge in [0.25, 0.3) is 5.91 Å². The summed E-state index contributed by atoms with van der Waals surface area (Å²) in [5.41, 5.74) is 2.26. The zero-order valence-electron chi connectivity index (χ0n) is 20.3. The number of aromatic nitrogens is 4. The van der Waals surface area contributed by atoms with Crippen molar-refractivity contribution in [3.05, 3.63) is 36.4 Å². The Morgan fingerprint density at radius 1 is 1.11 bits per heavy atom. The van der Waals surface area contributed by atoms with Crippen LogP contribution in [0, 0.1) is 0 Å². The van der Waals surface area contributed by atoms with Gasteiger partial charge in [-0.25, -0.2) is 9.67 Å². The van der Waals surface area contributed by atoms with Crippen LogP contribution in [0.4, 0.5) is 5.13 Å². The van der Waals surface area contributed by atoms with Gasteiger partial charge in [-0.2, -0.15) is 0 Å². The van der Waals surface area contributed by atoms with Crippen LogP contribution < -0.4 is 14.4 Å². The lowest BCUT2D eigenvalue weighted by Crippen LogP contribution is -2.40. The Morgan fingerprint density at radius 3 is 2.64 bits per heavy atom. The van der Waals surface area contributed by atoms with Gasteiger partial charge in [-0.1, -0.05) is 28.7 Å². The van der Waals surface area contributed by atoms with Crippen molar-refractivity contribution < 1.29 is 19.0 Å². The second-order valence-corrected chi connectivity index (χ2v) is 9.21. The lowest BCUT2D eigenvalue weighted by Gasteiger charge is -2.27. The molecule has 0 saturated carbocycles. The number of carbonyl (C=O) groups excluding carboxylic acids is 1. The number of rotatable bonds is 9. The second-order valence-electron chi connectivity index (χ2n) is 8.23. The average Bonchev–Trinajstić information content (AvgIpc) is 3.51. The topological polar surface area (TPSA) is 94.8 Å². The number of methoxy groups -OCH3 is 2. The maximum Gasteiger partial charge on any atom is 0.250 e. The van der Waals surface area contributed by atoms with Crippen LogP contribution in [0.25, 0.3) is 21.3 Å². The number of ether oxygens (including phenoxy) is 3. The summed E-state index contributed by atoms with van der Waals surface area (Å²) in [6, 6.07) is 11.3. The van der Waals surface area contributed by atoms with Crippen LogP contribution in [-0.2, 0) is 16.1 Å². The second kappa shape index (κ2) is 11.8. The van der Waals surface area contributed by atoms with E-state index in [2.05, 4.69) is 15.2 Å². The third kappa shape index (κ3) is 5.39. The summed E-state index contributed by atoms with van der Waals surface area (Å²) in [5.74, 6) is 1.25. The average molecular weight is 533 g/mol. The molecule has 0 spiro atoms. The first kappa shape index (κ1) is 26.1. The highest BCUT2D eigenvalue weighted by molar-refractivity contribution is 7.22. The molecule has 0 atom stereocenters. The van der Waals surface area contributed by atoms with Gasteiger partial charge in [0.15, 0.2) is 5.13 Å². The van der Waals surface area contributed by atoms with E-state index in [1.165, 1.54) is 11.3 Å². The molecule has 3 heterocycles. The maximum atomic E-state index is 13.6. The summed E-state index contributed by atoms with van der Waals surface area (Å²) in [7, 11) is 3.24. The molecule has 0 bridgehead atoms. The number of halogens is 1. The summed E-state index contributed by atoms with van der Waals surface area (Å²) >= 11 is 1.43. The predicted molar refractivity (Wildman–Crippen MR) is 142 cm³/mol. The number of hydrogen-bond donors (Lipinski definition) is 0. The van der Waals surface area contributed by atoms with Crippen LogP contribution in [0.3, 0.4) is 0 Å². The molecule has 12 heteroatoms. The number of thiazole rings is 1. The van der Waals surface area contributed by atoms with Gasteiger partial charge < -0.3 is 14.2 Å². The van der Waals surface area contributed by atoms with Crippen molar-refractivity contribution in [2.24, 2.45) is 0 Å². The van der Waals surface area contributed by atoms with Crippen LogP contribution in [0.2, 0.25) is 0 Å². The number of amides is 1. The Balaban J connectivity index is 0.00000304. The van der Waals surface area contributed by atoms with E-state index >= 15 is 0 Å². The fraction of sp³-hybridized carbons (Fsp3) is 0.417. The van der Waals surface area contributed by atoms with Crippen LogP contribution in [-0.4, -0.2) is 84.4 Å². The summed E-state index contributed by atoms with van der Waals surface area (Å²) in [4.78, 5) is 22.6. The first-order valence-electron chi connectivity index (χ1n) is 11.6. The van der Waals surface area contributed by atoms with E-state index in [1.807, 2.05) is 36.4 Å². The Labute approximate surface area is 219 Å². The van der Waals surface area contributed by atoms with Crippen molar-refractivity contribution in [1.29, 1.82) is 0 Å². The number of carbonyl (C=O) groups is 1. The molecule has 2 aromatic heterocycles. The monoisotopic (exact) mass is 532 g/mol. The van der Waals surface area contributed by atoms with Gasteiger partial charge in [0.2, 0.25) is 0 Å². The Morgan fingerprint density at radius 2 is 1.86 bits per heavy atom. The van der Waals surface area contributed by atoms with Crippen molar-refractivity contribution in [2.75, 3.05) is 58.5 Å². The molecule has 5 rings (SSSR count). The minimum Gasteiger partial charge on any atom is -0.495 e. The number of benzene rings is 2. The van der Waals surface area contributed by atoms with Crippen molar-refractivity contribution >= 4 is 56.0 Å². The molecule has 0 radical (unpaired) electrons. The fourth-order valence-electron chi connectivity index (χ4n) is 4.24. The van der Waals surface area contributed by atoms with E-state index in [4.69, 9.17) is 19.2 Å². The van der Waals surface area contributed by atoms with Crippen molar-refractivity contribution in [2.45, 2.75) is 13.0 Å². The largest absolute Gasteiger partial charge is 0.495 e. The minimum atomic E-state index is -0.0976.